The van der Waals surface area contributed by atoms with Crippen LogP contribution in [0.4, 0.5) is 4.79 Å². The van der Waals surface area contributed by atoms with Gasteiger partial charge in [-0.3, -0.25) is 4.68 Å². The second-order valence-electron chi connectivity index (χ2n) is 8.75. The predicted molar refractivity (Wildman–Crippen MR) is 117 cm³/mol. The third-order valence-corrected chi connectivity index (χ3v) is 6.58. The molecule has 0 aliphatic heterocycles. The van der Waals surface area contributed by atoms with Gasteiger partial charge < -0.3 is 14.4 Å². The fraction of sp³-hybridized carbons (Fsp3) is 0.652. The first-order valence-corrected chi connectivity index (χ1v) is 11.4. The van der Waals surface area contributed by atoms with E-state index in [-0.39, 0.29) is 24.8 Å². The molecule has 0 atom stereocenters. The van der Waals surface area contributed by atoms with Gasteiger partial charge in [0, 0.05) is 20.1 Å². The molecule has 0 aromatic carbocycles. The van der Waals surface area contributed by atoms with Crippen molar-refractivity contribution in [1.82, 2.24) is 24.6 Å². The highest BCUT2D eigenvalue weighted by molar-refractivity contribution is 5.68. The van der Waals surface area contributed by atoms with E-state index in [1.807, 2.05) is 21.0 Å². The van der Waals surface area contributed by atoms with E-state index in [2.05, 4.69) is 15.1 Å². The summed E-state index contributed by atoms with van der Waals surface area (Å²) in [6.45, 7) is 2.07. The van der Waals surface area contributed by atoms with Gasteiger partial charge in [0.15, 0.2) is 11.6 Å². The first kappa shape index (κ1) is 21.6. The summed E-state index contributed by atoms with van der Waals surface area (Å²) in [5.41, 5.74) is 2.35. The van der Waals surface area contributed by atoms with E-state index in [1.165, 1.54) is 32.1 Å². The van der Waals surface area contributed by atoms with Gasteiger partial charge in [-0.1, -0.05) is 19.3 Å². The fourth-order valence-electron chi connectivity index (χ4n) is 4.56. The minimum absolute atomic E-state index is 0.129. The summed E-state index contributed by atoms with van der Waals surface area (Å²) in [7, 11) is 3.65. The van der Waals surface area contributed by atoms with Crippen LogP contribution in [0.3, 0.4) is 0 Å². The maximum atomic E-state index is 12.5. The molecular formula is C23H33N5O3. The Hall–Kier alpha value is -2.64. The average Bonchev–Trinajstić information content (AvgIpc) is 3.44. The Balaban J connectivity index is 1.44. The smallest absolute Gasteiger partial charge is 0.410 e. The van der Waals surface area contributed by atoms with Crippen molar-refractivity contribution in [2.75, 3.05) is 7.05 Å². The summed E-state index contributed by atoms with van der Waals surface area (Å²) in [6.07, 6.45) is 13.8. The number of carbonyl (C=O) groups excluding carboxylic acids is 1. The van der Waals surface area contributed by atoms with E-state index in [0.29, 0.717) is 5.82 Å². The summed E-state index contributed by atoms with van der Waals surface area (Å²) in [6, 6.07) is 0.279. The van der Waals surface area contributed by atoms with Crippen molar-refractivity contribution in [3.8, 4) is 17.1 Å². The molecule has 0 unspecified atom stereocenters. The molecule has 2 fully saturated rings. The van der Waals surface area contributed by atoms with E-state index in [4.69, 9.17) is 9.47 Å². The lowest BCUT2D eigenvalue weighted by atomic mass is 9.98. The van der Waals surface area contributed by atoms with Gasteiger partial charge in [-0.25, -0.2) is 14.8 Å². The monoisotopic (exact) mass is 427 g/mol. The molecule has 4 rings (SSSR count). The number of rotatable bonds is 6. The Morgan fingerprint density at radius 1 is 1.13 bits per heavy atom. The van der Waals surface area contributed by atoms with Gasteiger partial charge in [-0.15, -0.1) is 0 Å². The normalized spacial score (nSPS) is 17.6. The second-order valence-corrected chi connectivity index (χ2v) is 8.75. The minimum atomic E-state index is -0.299. The van der Waals surface area contributed by atoms with Gasteiger partial charge in [0.2, 0.25) is 0 Å². The van der Waals surface area contributed by atoms with Gasteiger partial charge in [0.05, 0.1) is 35.4 Å². The highest BCUT2D eigenvalue weighted by atomic mass is 16.6. The van der Waals surface area contributed by atoms with E-state index in [1.54, 1.807) is 22.0 Å². The highest BCUT2D eigenvalue weighted by Gasteiger charge is 2.25. The lowest BCUT2D eigenvalue weighted by molar-refractivity contribution is 0.0899. The zero-order valence-corrected chi connectivity index (χ0v) is 18.8. The summed E-state index contributed by atoms with van der Waals surface area (Å²) in [4.78, 5) is 23.4. The van der Waals surface area contributed by atoms with Gasteiger partial charge >= 0.3 is 6.09 Å². The zero-order chi connectivity index (χ0) is 21.8. The van der Waals surface area contributed by atoms with Crippen LogP contribution in [-0.2, 0) is 18.4 Å². The molecule has 0 N–H and O–H groups in total. The molecule has 0 radical (unpaired) electrons. The van der Waals surface area contributed by atoms with Crippen molar-refractivity contribution in [2.24, 2.45) is 7.05 Å². The zero-order valence-electron chi connectivity index (χ0n) is 18.8. The third-order valence-electron chi connectivity index (χ3n) is 6.58. The molecule has 2 aromatic heterocycles. The van der Waals surface area contributed by atoms with E-state index in [9.17, 15) is 4.79 Å². The number of hydrogen-bond acceptors (Lipinski definition) is 6. The van der Waals surface area contributed by atoms with E-state index < -0.39 is 0 Å². The van der Waals surface area contributed by atoms with Crippen molar-refractivity contribution in [3.63, 3.8) is 0 Å². The van der Waals surface area contributed by atoms with E-state index in [0.717, 1.165) is 48.4 Å². The molecule has 2 aliphatic carbocycles. The molecule has 2 aliphatic rings. The molecule has 0 saturated heterocycles. The molecule has 0 bridgehead atoms. The lowest BCUT2D eigenvalue weighted by Gasteiger charge is -2.23. The second kappa shape index (κ2) is 9.66. The average molecular weight is 428 g/mol. The van der Waals surface area contributed by atoms with Crippen molar-refractivity contribution >= 4 is 6.09 Å². The number of nitrogens with zero attached hydrogens (tertiary/aromatic N) is 5. The highest BCUT2D eigenvalue weighted by Crippen LogP contribution is 2.28. The predicted octanol–water partition coefficient (Wildman–Crippen LogP) is 4.41. The number of ether oxygens (including phenoxy) is 2. The van der Waals surface area contributed by atoms with Crippen LogP contribution in [0, 0.1) is 6.92 Å². The minimum Gasteiger partial charge on any atom is -0.487 e. The molecule has 31 heavy (non-hydrogen) atoms. The van der Waals surface area contributed by atoms with Crippen molar-refractivity contribution in [3.05, 3.63) is 23.8 Å². The molecule has 1 amide bonds. The van der Waals surface area contributed by atoms with Crippen LogP contribution in [0.1, 0.15) is 69.2 Å². The van der Waals surface area contributed by atoms with Crippen molar-refractivity contribution < 1.29 is 14.3 Å². The van der Waals surface area contributed by atoms with Crippen LogP contribution in [-0.4, -0.2) is 49.9 Å². The first-order chi connectivity index (χ1) is 15.0. The molecule has 168 valence electrons. The van der Waals surface area contributed by atoms with Crippen LogP contribution in [0.2, 0.25) is 0 Å². The number of aromatic nitrogens is 4. The first-order valence-electron chi connectivity index (χ1n) is 11.4. The standard InChI is InChI=1S/C23H33N5O3/c1-16-21(31-18-11-5-4-6-12-18)14-24-22(26-16)19-13-25-28(3)20(19)15-30-23(29)27(2)17-9-7-8-10-17/h13-14,17-18H,4-12,15H2,1-3H3. The van der Waals surface area contributed by atoms with Crippen LogP contribution in [0.15, 0.2) is 12.4 Å². The lowest BCUT2D eigenvalue weighted by Crippen LogP contribution is -2.35. The van der Waals surface area contributed by atoms with Crippen molar-refractivity contribution in [2.45, 2.75) is 83.5 Å². The summed E-state index contributed by atoms with van der Waals surface area (Å²) < 4.78 is 13.5. The maximum Gasteiger partial charge on any atom is 0.410 e. The Morgan fingerprint density at radius 2 is 1.84 bits per heavy atom. The van der Waals surface area contributed by atoms with Crippen LogP contribution in [0.25, 0.3) is 11.4 Å². The summed E-state index contributed by atoms with van der Waals surface area (Å²) >= 11 is 0. The van der Waals surface area contributed by atoms with Gasteiger partial charge in [0.25, 0.3) is 0 Å². The van der Waals surface area contributed by atoms with Crippen LogP contribution < -0.4 is 4.74 Å². The topological polar surface area (TPSA) is 82.4 Å². The van der Waals surface area contributed by atoms with E-state index >= 15 is 0 Å². The number of amides is 1. The largest absolute Gasteiger partial charge is 0.487 e. The van der Waals surface area contributed by atoms with Gasteiger partial charge in [0.1, 0.15) is 6.61 Å². The Labute approximate surface area is 184 Å². The molecule has 2 saturated carbocycles. The Morgan fingerprint density at radius 3 is 2.55 bits per heavy atom. The summed E-state index contributed by atoms with van der Waals surface area (Å²) in [5.74, 6) is 1.31. The molecule has 2 heterocycles. The number of carbonyl (C=O) groups is 1. The molecular weight excluding hydrogens is 394 g/mol. The van der Waals surface area contributed by atoms with Gasteiger partial charge in [-0.05, 0) is 45.4 Å². The van der Waals surface area contributed by atoms with Crippen LogP contribution >= 0.6 is 0 Å². The third kappa shape index (κ3) is 4.99. The fourth-order valence-corrected chi connectivity index (χ4v) is 4.56. The Bertz CT molecular complexity index is 901. The number of aryl methyl sites for hydroxylation is 2. The van der Waals surface area contributed by atoms with Crippen LogP contribution in [0.5, 0.6) is 5.75 Å². The van der Waals surface area contributed by atoms with Crippen molar-refractivity contribution in [1.29, 1.82) is 0 Å². The maximum absolute atomic E-state index is 12.5. The molecule has 0 spiro atoms. The number of hydrogen-bond donors (Lipinski definition) is 0. The molecule has 8 nitrogen and oxygen atoms in total. The SMILES string of the molecule is Cc1nc(-c2cnn(C)c2COC(=O)N(C)C2CCCC2)ncc1OC1CCCCC1. The summed E-state index contributed by atoms with van der Waals surface area (Å²) in [5, 5.41) is 4.34. The quantitative estimate of drug-likeness (QED) is 0.679. The molecule has 2 aromatic rings. The Kier molecular flexibility index (Phi) is 6.73. The molecule has 8 heteroatoms. The van der Waals surface area contributed by atoms with Gasteiger partial charge in [-0.2, -0.15) is 5.10 Å².